The van der Waals surface area contributed by atoms with Gasteiger partial charge in [-0.15, -0.1) is 0 Å². The molecule has 2 N–H and O–H groups in total. The molecule has 0 radical (unpaired) electrons. The van der Waals surface area contributed by atoms with Gasteiger partial charge in [0.1, 0.15) is 17.0 Å². The van der Waals surface area contributed by atoms with Crippen LogP contribution in [0.25, 0.3) is 22.6 Å². The Morgan fingerprint density at radius 1 is 1.00 bits per heavy atom. The lowest BCUT2D eigenvalue weighted by Crippen LogP contribution is -2.40. The van der Waals surface area contributed by atoms with Gasteiger partial charge in [-0.1, -0.05) is 53.5 Å². The zero-order chi connectivity index (χ0) is 28.6. The van der Waals surface area contributed by atoms with Crippen LogP contribution in [0.15, 0.2) is 93.8 Å². The van der Waals surface area contributed by atoms with Crippen molar-refractivity contribution in [1.29, 1.82) is 5.26 Å². The summed E-state index contributed by atoms with van der Waals surface area (Å²) in [6.45, 7) is 0. The maximum atomic E-state index is 13.3. The first-order chi connectivity index (χ1) is 19.3. The molecular formula is C29H20Cl2N4O5. The van der Waals surface area contributed by atoms with Gasteiger partial charge in [0.15, 0.2) is 5.58 Å². The number of esters is 2. The second-order valence-corrected chi connectivity index (χ2v) is 9.45. The molecule has 0 spiro atoms. The third-order valence-corrected chi connectivity index (χ3v) is 7.15. The first-order valence-electron chi connectivity index (χ1n) is 11.8. The zero-order valence-electron chi connectivity index (χ0n) is 21.1. The third kappa shape index (κ3) is 4.53. The summed E-state index contributed by atoms with van der Waals surface area (Å²) in [6.07, 6.45) is 0. The standard InChI is InChI=1S/C29H20Cl2N4O5/c1-38-28(36)24-23(15-6-4-3-5-7-15)18(14-32)26(33)35(25(24)29(37)39-2)17-9-11-22-21(13-17)34-27(40-22)16-8-10-19(30)20(31)12-16/h3-13,23H,33H2,1-2H3. The van der Waals surface area contributed by atoms with Crippen molar-refractivity contribution in [2.24, 2.45) is 5.73 Å². The summed E-state index contributed by atoms with van der Waals surface area (Å²) in [4.78, 5) is 32.3. The molecular weight excluding hydrogens is 555 g/mol. The highest BCUT2D eigenvalue weighted by Gasteiger charge is 2.43. The van der Waals surface area contributed by atoms with Crippen LogP contribution in [0.1, 0.15) is 11.5 Å². The van der Waals surface area contributed by atoms with Crippen LogP contribution in [0.4, 0.5) is 5.69 Å². The van der Waals surface area contributed by atoms with Crippen molar-refractivity contribution >= 4 is 51.9 Å². The second-order valence-electron chi connectivity index (χ2n) is 8.64. The number of hydrogen-bond acceptors (Lipinski definition) is 9. The minimum atomic E-state index is -0.971. The molecule has 5 rings (SSSR count). The Morgan fingerprint density at radius 3 is 2.38 bits per heavy atom. The number of rotatable bonds is 5. The molecule has 1 aliphatic heterocycles. The SMILES string of the molecule is COC(=O)C1=C(C(=O)OC)N(c2ccc3oc(-c4ccc(Cl)c(Cl)c4)nc3c2)C(N)=C(C#N)C1c1ccccc1. The van der Waals surface area contributed by atoms with Crippen LogP contribution in [0.2, 0.25) is 10.0 Å². The van der Waals surface area contributed by atoms with Crippen molar-refractivity contribution in [3.05, 3.63) is 105 Å². The van der Waals surface area contributed by atoms with Gasteiger partial charge in [0.05, 0.1) is 53.1 Å². The van der Waals surface area contributed by atoms with Crippen molar-refractivity contribution < 1.29 is 23.5 Å². The van der Waals surface area contributed by atoms with Crippen LogP contribution in [0, 0.1) is 11.3 Å². The number of hydrogen-bond donors (Lipinski definition) is 1. The van der Waals surface area contributed by atoms with Gasteiger partial charge >= 0.3 is 11.9 Å². The molecule has 40 heavy (non-hydrogen) atoms. The number of aromatic nitrogens is 1. The molecule has 1 unspecified atom stereocenters. The summed E-state index contributed by atoms with van der Waals surface area (Å²) in [5.41, 5.74) is 8.70. The molecule has 0 aliphatic carbocycles. The molecule has 0 amide bonds. The molecule has 0 saturated heterocycles. The second kappa shape index (κ2) is 10.8. The summed E-state index contributed by atoms with van der Waals surface area (Å²) >= 11 is 12.2. The lowest BCUT2D eigenvalue weighted by atomic mass is 9.81. The largest absolute Gasteiger partial charge is 0.466 e. The molecule has 11 heteroatoms. The highest BCUT2D eigenvalue weighted by atomic mass is 35.5. The molecule has 2 heterocycles. The van der Waals surface area contributed by atoms with E-state index in [1.807, 2.05) is 0 Å². The number of nitriles is 1. The van der Waals surface area contributed by atoms with E-state index in [1.165, 1.54) is 19.1 Å². The van der Waals surface area contributed by atoms with Crippen LogP contribution >= 0.6 is 23.2 Å². The van der Waals surface area contributed by atoms with Gasteiger partial charge in [0.25, 0.3) is 0 Å². The lowest BCUT2D eigenvalue weighted by Gasteiger charge is -2.35. The molecule has 0 saturated carbocycles. The quantitative estimate of drug-likeness (QED) is 0.298. The predicted octanol–water partition coefficient (Wildman–Crippen LogP) is 5.70. The molecule has 1 aliphatic rings. The van der Waals surface area contributed by atoms with Crippen molar-refractivity contribution in [1.82, 2.24) is 4.98 Å². The van der Waals surface area contributed by atoms with E-state index < -0.39 is 17.9 Å². The van der Waals surface area contributed by atoms with E-state index in [2.05, 4.69) is 11.1 Å². The van der Waals surface area contributed by atoms with Gasteiger partial charge in [0.2, 0.25) is 5.89 Å². The molecule has 4 aromatic rings. The smallest absolute Gasteiger partial charge is 0.355 e. The topological polar surface area (TPSA) is 132 Å². The summed E-state index contributed by atoms with van der Waals surface area (Å²) in [5, 5.41) is 10.9. The normalized spacial score (nSPS) is 15.3. The number of carbonyl (C=O) groups is 2. The average Bonchev–Trinajstić information content (AvgIpc) is 3.41. The number of benzene rings is 3. The third-order valence-electron chi connectivity index (χ3n) is 6.41. The molecule has 200 valence electrons. The molecule has 3 aromatic carbocycles. The number of halogens is 2. The fourth-order valence-corrected chi connectivity index (χ4v) is 4.89. The van der Waals surface area contributed by atoms with Crippen molar-refractivity contribution in [3.63, 3.8) is 0 Å². The van der Waals surface area contributed by atoms with Crippen molar-refractivity contribution in [3.8, 4) is 17.5 Å². The molecule has 0 bridgehead atoms. The van der Waals surface area contributed by atoms with Crippen LogP contribution in [-0.4, -0.2) is 31.1 Å². The van der Waals surface area contributed by atoms with E-state index in [4.69, 9.17) is 42.8 Å². The number of anilines is 1. The van der Waals surface area contributed by atoms with Gasteiger partial charge < -0.3 is 19.6 Å². The van der Waals surface area contributed by atoms with E-state index >= 15 is 0 Å². The summed E-state index contributed by atoms with van der Waals surface area (Å²) in [6, 6.07) is 20.7. The fraction of sp³-hybridized carbons (Fsp3) is 0.103. The highest BCUT2D eigenvalue weighted by Crippen LogP contribution is 2.43. The number of nitrogens with two attached hydrogens (primary N) is 1. The first-order valence-corrected chi connectivity index (χ1v) is 12.6. The molecule has 9 nitrogen and oxygen atoms in total. The average molecular weight is 575 g/mol. The van der Waals surface area contributed by atoms with E-state index in [0.29, 0.717) is 38.0 Å². The van der Waals surface area contributed by atoms with Crippen LogP contribution < -0.4 is 10.6 Å². The van der Waals surface area contributed by atoms with Crippen molar-refractivity contribution in [2.45, 2.75) is 5.92 Å². The molecule has 1 aromatic heterocycles. The zero-order valence-corrected chi connectivity index (χ0v) is 22.7. The first kappa shape index (κ1) is 26.8. The summed E-state index contributed by atoms with van der Waals surface area (Å²) in [7, 11) is 2.38. The highest BCUT2D eigenvalue weighted by molar-refractivity contribution is 6.42. The van der Waals surface area contributed by atoms with E-state index in [1.54, 1.807) is 66.7 Å². The Labute approximate surface area is 238 Å². The van der Waals surface area contributed by atoms with Gasteiger partial charge in [-0.05, 0) is 42.0 Å². The molecule has 0 fully saturated rings. The predicted molar refractivity (Wildman–Crippen MR) is 149 cm³/mol. The summed E-state index contributed by atoms with van der Waals surface area (Å²) in [5.74, 6) is -2.41. The maximum absolute atomic E-state index is 13.3. The number of carbonyl (C=O) groups excluding carboxylic acids is 2. The maximum Gasteiger partial charge on any atom is 0.355 e. The Morgan fingerprint density at radius 2 is 1.73 bits per heavy atom. The Hall–Kier alpha value is -4.78. The van der Waals surface area contributed by atoms with Crippen LogP contribution in [0.3, 0.4) is 0 Å². The number of fused-ring (bicyclic) bond motifs is 1. The van der Waals surface area contributed by atoms with Crippen LogP contribution in [-0.2, 0) is 19.1 Å². The van der Waals surface area contributed by atoms with Crippen LogP contribution in [0.5, 0.6) is 0 Å². The van der Waals surface area contributed by atoms with Crippen molar-refractivity contribution in [2.75, 3.05) is 19.1 Å². The Kier molecular flexibility index (Phi) is 7.22. The van der Waals surface area contributed by atoms with Gasteiger partial charge in [-0.3, -0.25) is 4.90 Å². The monoisotopic (exact) mass is 574 g/mol. The van der Waals surface area contributed by atoms with E-state index in [0.717, 1.165) is 0 Å². The Bertz CT molecular complexity index is 1770. The number of methoxy groups -OCH3 is 2. The number of ether oxygens (including phenoxy) is 2. The van der Waals surface area contributed by atoms with Gasteiger partial charge in [-0.2, -0.15) is 5.26 Å². The van der Waals surface area contributed by atoms with Gasteiger partial charge in [-0.25, -0.2) is 14.6 Å². The fourth-order valence-electron chi connectivity index (χ4n) is 4.59. The Balaban J connectivity index is 1.73. The van der Waals surface area contributed by atoms with E-state index in [-0.39, 0.29) is 28.6 Å². The number of nitrogens with zero attached hydrogens (tertiary/aromatic N) is 3. The minimum Gasteiger partial charge on any atom is -0.466 e. The minimum absolute atomic E-state index is 0.0518. The lowest BCUT2D eigenvalue weighted by molar-refractivity contribution is -0.139. The van der Waals surface area contributed by atoms with E-state index in [9.17, 15) is 14.9 Å². The molecule has 1 atom stereocenters. The van der Waals surface area contributed by atoms with Gasteiger partial charge in [0, 0.05) is 5.56 Å². The number of oxazole rings is 1. The summed E-state index contributed by atoms with van der Waals surface area (Å²) < 4.78 is 16.0. The number of allylic oxidation sites excluding steroid dienone is 1.